The van der Waals surface area contributed by atoms with Crippen LogP contribution in [0.4, 0.5) is 5.82 Å². The monoisotopic (exact) mass is 255 g/mol. The number of nitrogens with one attached hydrogen (secondary N) is 1. The Kier molecular flexibility index (Phi) is 4.50. The van der Waals surface area contributed by atoms with Crippen LogP contribution in [0.5, 0.6) is 0 Å². The number of nitrogens with zero attached hydrogens (tertiary/aromatic N) is 2. The second kappa shape index (κ2) is 6.32. The Morgan fingerprint density at radius 2 is 1.95 bits per heavy atom. The first-order valence-corrected chi connectivity index (χ1v) is 6.81. The maximum absolute atomic E-state index is 4.41. The molecular weight excluding hydrogens is 234 g/mol. The van der Waals surface area contributed by atoms with Crippen molar-refractivity contribution in [2.24, 2.45) is 0 Å². The Balaban J connectivity index is 1.94. The van der Waals surface area contributed by atoms with Crippen molar-refractivity contribution in [1.29, 1.82) is 0 Å². The first-order chi connectivity index (χ1) is 9.17. The van der Waals surface area contributed by atoms with Crippen molar-refractivity contribution in [3.8, 4) is 0 Å². The number of hydrogen-bond donors (Lipinski definition) is 1. The van der Waals surface area contributed by atoms with Gasteiger partial charge in [0, 0.05) is 18.3 Å². The van der Waals surface area contributed by atoms with Crippen molar-refractivity contribution in [1.82, 2.24) is 9.97 Å². The number of anilines is 1. The summed E-state index contributed by atoms with van der Waals surface area (Å²) < 4.78 is 0. The van der Waals surface area contributed by atoms with E-state index in [1.807, 2.05) is 13.0 Å². The molecule has 100 valence electrons. The lowest BCUT2D eigenvalue weighted by Crippen LogP contribution is -2.08. The Bertz CT molecular complexity index is 549. The van der Waals surface area contributed by atoms with Gasteiger partial charge in [-0.1, -0.05) is 36.8 Å². The Morgan fingerprint density at radius 3 is 2.68 bits per heavy atom. The van der Waals surface area contributed by atoms with E-state index in [1.165, 1.54) is 11.1 Å². The quantitative estimate of drug-likeness (QED) is 0.890. The van der Waals surface area contributed by atoms with Crippen molar-refractivity contribution < 1.29 is 0 Å². The van der Waals surface area contributed by atoms with Gasteiger partial charge in [-0.2, -0.15) is 0 Å². The van der Waals surface area contributed by atoms with Crippen LogP contribution >= 0.6 is 0 Å². The van der Waals surface area contributed by atoms with Crippen LogP contribution in [-0.2, 0) is 12.8 Å². The Morgan fingerprint density at radius 1 is 1.11 bits per heavy atom. The molecule has 1 N–H and O–H groups in total. The summed E-state index contributed by atoms with van der Waals surface area (Å²) in [6, 6.07) is 10.7. The zero-order valence-corrected chi connectivity index (χ0v) is 11.9. The molecule has 0 amide bonds. The first-order valence-electron chi connectivity index (χ1n) is 6.81. The second-order valence-electron chi connectivity index (χ2n) is 4.81. The van der Waals surface area contributed by atoms with Crippen molar-refractivity contribution in [2.75, 3.05) is 11.9 Å². The third-order valence-corrected chi connectivity index (χ3v) is 3.06. The fraction of sp³-hybridized carbons (Fsp3) is 0.375. The van der Waals surface area contributed by atoms with Crippen LogP contribution in [-0.4, -0.2) is 16.5 Å². The van der Waals surface area contributed by atoms with E-state index < -0.39 is 0 Å². The molecule has 1 aromatic heterocycles. The van der Waals surface area contributed by atoms with E-state index >= 15 is 0 Å². The Hall–Kier alpha value is -1.90. The van der Waals surface area contributed by atoms with Crippen molar-refractivity contribution in [3.05, 3.63) is 53.0 Å². The molecule has 0 aliphatic heterocycles. The fourth-order valence-corrected chi connectivity index (χ4v) is 2.10. The molecule has 0 atom stereocenters. The Labute approximate surface area is 115 Å². The molecular formula is C16H21N3. The minimum absolute atomic E-state index is 0.831. The van der Waals surface area contributed by atoms with Crippen molar-refractivity contribution in [3.63, 3.8) is 0 Å². The van der Waals surface area contributed by atoms with E-state index in [0.717, 1.165) is 36.7 Å². The minimum atomic E-state index is 0.831. The van der Waals surface area contributed by atoms with Crippen LogP contribution in [0.25, 0.3) is 0 Å². The van der Waals surface area contributed by atoms with Crippen LogP contribution in [0.3, 0.4) is 0 Å². The zero-order valence-electron chi connectivity index (χ0n) is 11.9. The summed E-state index contributed by atoms with van der Waals surface area (Å²) in [5.41, 5.74) is 3.75. The largest absolute Gasteiger partial charge is 0.370 e. The maximum atomic E-state index is 4.41. The molecule has 0 radical (unpaired) electrons. The van der Waals surface area contributed by atoms with E-state index in [2.05, 4.69) is 53.4 Å². The van der Waals surface area contributed by atoms with Crippen LogP contribution in [0.15, 0.2) is 30.3 Å². The summed E-state index contributed by atoms with van der Waals surface area (Å²) in [6.07, 6.45) is 1.95. The van der Waals surface area contributed by atoms with Gasteiger partial charge in [-0.3, -0.25) is 0 Å². The van der Waals surface area contributed by atoms with Gasteiger partial charge in [-0.05, 0) is 32.3 Å². The molecule has 0 saturated heterocycles. The van der Waals surface area contributed by atoms with Gasteiger partial charge >= 0.3 is 0 Å². The fourth-order valence-electron chi connectivity index (χ4n) is 2.10. The molecule has 0 spiro atoms. The van der Waals surface area contributed by atoms with Gasteiger partial charge in [0.15, 0.2) is 0 Å². The predicted octanol–water partition coefficient (Wildman–Crippen LogP) is 3.31. The van der Waals surface area contributed by atoms with E-state index in [-0.39, 0.29) is 0 Å². The summed E-state index contributed by atoms with van der Waals surface area (Å²) in [7, 11) is 0. The molecule has 3 heteroatoms. The van der Waals surface area contributed by atoms with Crippen LogP contribution in [0.2, 0.25) is 0 Å². The average Bonchev–Trinajstić information content (AvgIpc) is 2.38. The third kappa shape index (κ3) is 4.05. The highest BCUT2D eigenvalue weighted by Gasteiger charge is 2.00. The highest BCUT2D eigenvalue weighted by Crippen LogP contribution is 2.09. The zero-order chi connectivity index (χ0) is 13.7. The highest BCUT2D eigenvalue weighted by atomic mass is 15.0. The van der Waals surface area contributed by atoms with Crippen molar-refractivity contribution in [2.45, 2.75) is 33.6 Å². The molecule has 1 aromatic carbocycles. The smallest absolute Gasteiger partial charge is 0.129 e. The van der Waals surface area contributed by atoms with E-state index in [4.69, 9.17) is 0 Å². The topological polar surface area (TPSA) is 37.8 Å². The number of rotatable bonds is 5. The van der Waals surface area contributed by atoms with Gasteiger partial charge in [-0.15, -0.1) is 0 Å². The highest BCUT2D eigenvalue weighted by molar-refractivity contribution is 5.36. The predicted molar refractivity (Wildman–Crippen MR) is 79.5 cm³/mol. The number of aromatic nitrogens is 2. The van der Waals surface area contributed by atoms with E-state index in [9.17, 15) is 0 Å². The van der Waals surface area contributed by atoms with Gasteiger partial charge in [0.25, 0.3) is 0 Å². The number of benzene rings is 1. The normalized spacial score (nSPS) is 10.5. The standard InChI is InChI=1S/C16H21N3/c1-4-15-11-16(19-13(3)18-15)17-9-8-14-7-5-6-12(2)10-14/h5-7,10-11H,4,8-9H2,1-3H3,(H,17,18,19). The molecule has 2 aromatic rings. The first kappa shape index (κ1) is 13.5. The van der Waals surface area contributed by atoms with Gasteiger partial charge in [0.05, 0.1) is 0 Å². The van der Waals surface area contributed by atoms with E-state index in [1.54, 1.807) is 0 Å². The van der Waals surface area contributed by atoms with Crippen LogP contribution in [0, 0.1) is 13.8 Å². The third-order valence-electron chi connectivity index (χ3n) is 3.06. The average molecular weight is 255 g/mol. The van der Waals surface area contributed by atoms with E-state index in [0.29, 0.717) is 0 Å². The van der Waals surface area contributed by atoms with Gasteiger partial charge in [0.2, 0.25) is 0 Å². The SMILES string of the molecule is CCc1cc(NCCc2cccc(C)c2)nc(C)n1. The molecule has 0 aliphatic carbocycles. The lowest BCUT2D eigenvalue weighted by molar-refractivity contribution is 0.932. The molecule has 2 rings (SSSR count). The lowest BCUT2D eigenvalue weighted by atomic mass is 10.1. The number of hydrogen-bond acceptors (Lipinski definition) is 3. The van der Waals surface area contributed by atoms with Crippen molar-refractivity contribution >= 4 is 5.82 Å². The van der Waals surface area contributed by atoms with Gasteiger partial charge < -0.3 is 5.32 Å². The van der Waals surface area contributed by atoms with Gasteiger partial charge in [-0.25, -0.2) is 9.97 Å². The maximum Gasteiger partial charge on any atom is 0.129 e. The molecule has 0 saturated carbocycles. The molecule has 0 unspecified atom stereocenters. The summed E-state index contributed by atoms with van der Waals surface area (Å²) >= 11 is 0. The molecule has 0 aliphatic rings. The molecule has 19 heavy (non-hydrogen) atoms. The van der Waals surface area contributed by atoms with Crippen LogP contribution < -0.4 is 5.32 Å². The number of aryl methyl sites for hydroxylation is 3. The second-order valence-corrected chi connectivity index (χ2v) is 4.81. The summed E-state index contributed by atoms with van der Waals surface area (Å²) in [5.74, 6) is 1.76. The van der Waals surface area contributed by atoms with Crippen LogP contribution in [0.1, 0.15) is 29.6 Å². The molecule has 0 bridgehead atoms. The van der Waals surface area contributed by atoms with Gasteiger partial charge in [0.1, 0.15) is 11.6 Å². The summed E-state index contributed by atoms with van der Waals surface area (Å²) in [4.78, 5) is 8.79. The molecule has 1 heterocycles. The minimum Gasteiger partial charge on any atom is -0.370 e. The molecule has 3 nitrogen and oxygen atoms in total. The summed E-state index contributed by atoms with van der Waals surface area (Å²) in [5, 5.41) is 3.38. The molecule has 0 fully saturated rings. The summed E-state index contributed by atoms with van der Waals surface area (Å²) in [6.45, 7) is 7.06. The lowest BCUT2D eigenvalue weighted by Gasteiger charge is -2.08.